The van der Waals surface area contributed by atoms with Crippen LogP contribution >= 0.6 is 0 Å². The molecule has 2 fully saturated rings. The minimum atomic E-state index is 0.0361. The van der Waals surface area contributed by atoms with Crippen LogP contribution in [-0.4, -0.2) is 79.0 Å². The van der Waals surface area contributed by atoms with Crippen molar-refractivity contribution in [3.05, 3.63) is 0 Å². The van der Waals surface area contributed by atoms with E-state index in [4.69, 9.17) is 0 Å². The molecule has 2 rings (SSSR count). The molecule has 0 aromatic carbocycles. The van der Waals surface area contributed by atoms with Gasteiger partial charge in [0.2, 0.25) is 5.91 Å². The number of piperazine rings is 1. The molecular weight excluding hydrogens is 304 g/mol. The van der Waals surface area contributed by atoms with Crippen molar-refractivity contribution in [2.45, 2.75) is 46.5 Å². The highest BCUT2D eigenvalue weighted by Gasteiger charge is 2.23. The monoisotopic (exact) mass is 338 g/mol. The van der Waals surface area contributed by atoms with Gasteiger partial charge in [0.05, 0.1) is 0 Å². The second-order valence-corrected chi connectivity index (χ2v) is 8.24. The third-order valence-electron chi connectivity index (χ3n) is 4.78. The van der Waals surface area contributed by atoms with Crippen molar-refractivity contribution in [1.29, 1.82) is 0 Å². The molecule has 1 N–H and O–H groups in total. The van der Waals surface area contributed by atoms with Gasteiger partial charge in [-0.05, 0) is 24.7 Å². The van der Waals surface area contributed by atoms with Crippen LogP contribution in [-0.2, 0) is 4.79 Å². The fourth-order valence-corrected chi connectivity index (χ4v) is 3.18. The first-order valence-electron chi connectivity index (χ1n) is 9.38. The molecule has 0 spiro atoms. The van der Waals surface area contributed by atoms with Gasteiger partial charge in [-0.3, -0.25) is 9.69 Å². The molecule has 0 bridgehead atoms. The fourth-order valence-electron chi connectivity index (χ4n) is 3.18. The number of carbonyl (C=O) groups excluding carboxylic acids is 2. The van der Waals surface area contributed by atoms with Crippen molar-refractivity contribution in [2.24, 2.45) is 5.41 Å². The molecule has 0 radical (unpaired) electrons. The molecule has 3 amide bonds. The van der Waals surface area contributed by atoms with E-state index in [0.717, 1.165) is 58.7 Å². The van der Waals surface area contributed by atoms with E-state index in [-0.39, 0.29) is 11.4 Å². The molecule has 0 aromatic heterocycles. The quantitative estimate of drug-likeness (QED) is 0.850. The maximum atomic E-state index is 12.2. The molecule has 2 heterocycles. The second-order valence-electron chi connectivity index (χ2n) is 8.24. The topological polar surface area (TPSA) is 55.9 Å². The van der Waals surface area contributed by atoms with Gasteiger partial charge in [0.15, 0.2) is 0 Å². The first-order chi connectivity index (χ1) is 11.3. The summed E-state index contributed by atoms with van der Waals surface area (Å²) in [6.07, 6.45) is 4.15. The van der Waals surface area contributed by atoms with Crippen LogP contribution in [0.5, 0.6) is 0 Å². The van der Waals surface area contributed by atoms with Crippen LogP contribution in [0.2, 0.25) is 0 Å². The van der Waals surface area contributed by atoms with E-state index < -0.39 is 0 Å². The maximum absolute atomic E-state index is 12.2. The van der Waals surface area contributed by atoms with Crippen LogP contribution in [0.25, 0.3) is 0 Å². The Labute approximate surface area is 146 Å². The van der Waals surface area contributed by atoms with Crippen LogP contribution in [0.4, 0.5) is 4.79 Å². The lowest BCUT2D eigenvalue weighted by Crippen LogP contribution is -2.53. The van der Waals surface area contributed by atoms with Crippen molar-refractivity contribution in [3.63, 3.8) is 0 Å². The SMILES string of the molecule is CC(C)(C)CNC(=O)N1CCN(CCC(=O)N2CCCCC2)CC1. The molecule has 0 unspecified atom stereocenters. The Bertz CT molecular complexity index is 419. The van der Waals surface area contributed by atoms with E-state index in [1.807, 2.05) is 9.80 Å². The van der Waals surface area contributed by atoms with E-state index in [2.05, 4.69) is 31.0 Å². The number of carbonyl (C=O) groups is 2. The number of amides is 3. The van der Waals surface area contributed by atoms with Crippen LogP contribution in [0, 0.1) is 5.41 Å². The van der Waals surface area contributed by atoms with Gasteiger partial charge < -0.3 is 15.1 Å². The highest BCUT2D eigenvalue weighted by atomic mass is 16.2. The lowest BCUT2D eigenvalue weighted by Gasteiger charge is -2.35. The Morgan fingerprint density at radius 1 is 0.875 bits per heavy atom. The zero-order valence-corrected chi connectivity index (χ0v) is 15.6. The van der Waals surface area contributed by atoms with Crippen molar-refractivity contribution in [1.82, 2.24) is 20.0 Å². The molecule has 0 aromatic rings. The number of hydrogen-bond acceptors (Lipinski definition) is 3. The highest BCUT2D eigenvalue weighted by molar-refractivity contribution is 5.76. The van der Waals surface area contributed by atoms with Crippen molar-refractivity contribution < 1.29 is 9.59 Å². The molecular formula is C18H34N4O2. The summed E-state index contributed by atoms with van der Waals surface area (Å²) in [5.74, 6) is 0.292. The first kappa shape index (κ1) is 19.0. The van der Waals surface area contributed by atoms with Crippen molar-refractivity contribution in [2.75, 3.05) is 52.4 Å². The average Bonchev–Trinajstić information content (AvgIpc) is 2.58. The summed E-state index contributed by atoms with van der Waals surface area (Å²) in [5.41, 5.74) is 0.103. The van der Waals surface area contributed by atoms with Gasteiger partial charge in [-0.25, -0.2) is 4.79 Å². The summed E-state index contributed by atoms with van der Waals surface area (Å²) in [6, 6.07) is 0.0361. The van der Waals surface area contributed by atoms with Crippen LogP contribution in [0.15, 0.2) is 0 Å². The molecule has 2 saturated heterocycles. The summed E-state index contributed by atoms with van der Waals surface area (Å²) < 4.78 is 0. The smallest absolute Gasteiger partial charge is 0.317 e. The van der Waals surface area contributed by atoms with Gasteiger partial charge in [-0.2, -0.15) is 0 Å². The van der Waals surface area contributed by atoms with E-state index in [1.54, 1.807) is 0 Å². The molecule has 2 aliphatic rings. The number of rotatable bonds is 4. The molecule has 0 atom stereocenters. The number of likely N-dealkylation sites (tertiary alicyclic amines) is 1. The zero-order chi connectivity index (χ0) is 17.6. The van der Waals surface area contributed by atoms with E-state index in [9.17, 15) is 9.59 Å². The molecule has 138 valence electrons. The van der Waals surface area contributed by atoms with E-state index in [1.165, 1.54) is 6.42 Å². The lowest BCUT2D eigenvalue weighted by molar-refractivity contribution is -0.132. The average molecular weight is 338 g/mol. The predicted molar refractivity (Wildman–Crippen MR) is 95.9 cm³/mol. The van der Waals surface area contributed by atoms with Gasteiger partial charge in [-0.15, -0.1) is 0 Å². The molecule has 2 aliphatic heterocycles. The van der Waals surface area contributed by atoms with Gasteiger partial charge >= 0.3 is 6.03 Å². The third-order valence-corrected chi connectivity index (χ3v) is 4.78. The summed E-state index contributed by atoms with van der Waals surface area (Å²) >= 11 is 0. The van der Waals surface area contributed by atoms with Crippen LogP contribution < -0.4 is 5.32 Å². The summed E-state index contributed by atoms with van der Waals surface area (Å²) in [4.78, 5) is 30.6. The number of hydrogen-bond donors (Lipinski definition) is 1. The van der Waals surface area contributed by atoms with E-state index in [0.29, 0.717) is 18.9 Å². The van der Waals surface area contributed by atoms with E-state index >= 15 is 0 Å². The Kier molecular flexibility index (Phi) is 6.90. The van der Waals surface area contributed by atoms with Gasteiger partial charge in [0.1, 0.15) is 0 Å². The van der Waals surface area contributed by atoms with Gasteiger partial charge in [0, 0.05) is 58.8 Å². The Morgan fingerprint density at radius 3 is 2.08 bits per heavy atom. The molecule has 6 heteroatoms. The molecule has 0 aliphatic carbocycles. The Hall–Kier alpha value is -1.30. The summed E-state index contributed by atoms with van der Waals surface area (Å²) in [6.45, 7) is 12.9. The fraction of sp³-hybridized carbons (Fsp3) is 0.889. The predicted octanol–water partition coefficient (Wildman–Crippen LogP) is 1.76. The summed E-state index contributed by atoms with van der Waals surface area (Å²) in [5, 5.41) is 3.01. The largest absolute Gasteiger partial charge is 0.343 e. The number of piperidine rings is 1. The minimum absolute atomic E-state index is 0.0361. The number of nitrogens with zero attached hydrogens (tertiary/aromatic N) is 3. The number of urea groups is 1. The number of nitrogens with one attached hydrogen (secondary N) is 1. The van der Waals surface area contributed by atoms with Crippen LogP contribution in [0.1, 0.15) is 46.5 Å². The normalized spacial score (nSPS) is 20.1. The maximum Gasteiger partial charge on any atom is 0.317 e. The Morgan fingerprint density at radius 2 is 1.50 bits per heavy atom. The van der Waals surface area contributed by atoms with Crippen molar-refractivity contribution >= 4 is 11.9 Å². The molecule has 0 saturated carbocycles. The van der Waals surface area contributed by atoms with Crippen LogP contribution in [0.3, 0.4) is 0 Å². The summed E-state index contributed by atoms with van der Waals surface area (Å²) in [7, 11) is 0. The van der Waals surface area contributed by atoms with Crippen molar-refractivity contribution in [3.8, 4) is 0 Å². The van der Waals surface area contributed by atoms with Gasteiger partial charge in [0.25, 0.3) is 0 Å². The Balaban J connectivity index is 1.63. The standard InChI is InChI=1S/C18H34N4O2/c1-18(2,3)15-19-17(24)22-13-11-20(12-14-22)10-7-16(23)21-8-5-4-6-9-21/h4-15H2,1-3H3,(H,19,24). The third kappa shape index (κ3) is 6.30. The zero-order valence-electron chi connectivity index (χ0n) is 15.6. The van der Waals surface area contributed by atoms with Gasteiger partial charge in [-0.1, -0.05) is 20.8 Å². The second kappa shape index (κ2) is 8.70. The molecule has 24 heavy (non-hydrogen) atoms. The highest BCUT2D eigenvalue weighted by Crippen LogP contribution is 2.12. The lowest BCUT2D eigenvalue weighted by atomic mass is 9.97. The first-order valence-corrected chi connectivity index (χ1v) is 9.38. The minimum Gasteiger partial charge on any atom is -0.343 e. The molecule has 6 nitrogen and oxygen atoms in total.